The number of methoxy groups -OCH3 is 1. The van der Waals surface area contributed by atoms with Crippen LogP contribution in [0.3, 0.4) is 0 Å². The number of ether oxygens (including phenoxy) is 1. The molecule has 0 unspecified atom stereocenters. The van der Waals surface area contributed by atoms with E-state index in [1.54, 1.807) is 22.8 Å². The van der Waals surface area contributed by atoms with Crippen LogP contribution in [0.1, 0.15) is 5.56 Å². The van der Waals surface area contributed by atoms with Crippen LogP contribution in [0.2, 0.25) is 0 Å². The van der Waals surface area contributed by atoms with Crippen molar-refractivity contribution in [1.82, 2.24) is 19.5 Å². The zero-order valence-corrected chi connectivity index (χ0v) is 10.6. The Morgan fingerprint density at radius 3 is 2.95 bits per heavy atom. The van der Waals surface area contributed by atoms with Crippen molar-refractivity contribution in [3.8, 4) is 17.6 Å². The molecule has 7 nitrogen and oxygen atoms in total. The number of aromatic nitrogens is 4. The molecule has 2 aromatic heterocycles. The SMILES string of the molecule is COc1ncnc2c1nc(N)n2-c1cccc(C#N)c1. The Hall–Kier alpha value is -3.14. The lowest BCUT2D eigenvalue weighted by molar-refractivity contribution is 0.401. The number of nitrogens with two attached hydrogens (primary N) is 1. The first-order chi connectivity index (χ1) is 9.74. The molecule has 0 atom stereocenters. The smallest absolute Gasteiger partial charge is 0.245 e. The molecule has 7 heteroatoms. The Morgan fingerprint density at radius 1 is 1.35 bits per heavy atom. The molecule has 0 spiro atoms. The van der Waals surface area contributed by atoms with E-state index in [9.17, 15) is 0 Å². The van der Waals surface area contributed by atoms with E-state index in [4.69, 9.17) is 15.7 Å². The normalized spacial score (nSPS) is 10.4. The third kappa shape index (κ3) is 1.71. The Labute approximate surface area is 114 Å². The van der Waals surface area contributed by atoms with Crippen LogP contribution >= 0.6 is 0 Å². The summed E-state index contributed by atoms with van der Waals surface area (Å²) in [5.74, 6) is 0.616. The summed E-state index contributed by atoms with van der Waals surface area (Å²) in [6.45, 7) is 0. The zero-order valence-electron chi connectivity index (χ0n) is 10.6. The first-order valence-corrected chi connectivity index (χ1v) is 5.78. The standard InChI is InChI=1S/C13H10N6O/c1-20-12-10-11(16-7-17-12)19(13(15)18-10)9-4-2-3-8(5-9)6-14/h2-5,7H,1H3,(H2,15,18). The van der Waals surface area contributed by atoms with Gasteiger partial charge in [0.2, 0.25) is 11.8 Å². The minimum absolute atomic E-state index is 0.258. The molecule has 0 saturated carbocycles. The summed E-state index contributed by atoms with van der Waals surface area (Å²) in [5.41, 5.74) is 8.20. The molecule has 2 heterocycles. The lowest BCUT2D eigenvalue weighted by Crippen LogP contribution is -2.01. The van der Waals surface area contributed by atoms with E-state index < -0.39 is 0 Å². The van der Waals surface area contributed by atoms with E-state index in [0.717, 1.165) is 0 Å². The monoisotopic (exact) mass is 266 g/mol. The van der Waals surface area contributed by atoms with Crippen LogP contribution < -0.4 is 10.5 Å². The number of nitrogen functional groups attached to an aromatic ring is 1. The lowest BCUT2D eigenvalue weighted by atomic mass is 10.2. The molecule has 0 radical (unpaired) electrons. The van der Waals surface area contributed by atoms with Gasteiger partial charge < -0.3 is 10.5 Å². The average Bonchev–Trinajstić information content (AvgIpc) is 2.83. The van der Waals surface area contributed by atoms with Gasteiger partial charge in [-0.15, -0.1) is 0 Å². The Balaban J connectivity index is 2.31. The Bertz CT molecular complexity index is 832. The molecule has 0 amide bonds. The molecule has 98 valence electrons. The van der Waals surface area contributed by atoms with Crippen molar-refractivity contribution in [3.05, 3.63) is 36.2 Å². The Morgan fingerprint density at radius 2 is 2.20 bits per heavy atom. The van der Waals surface area contributed by atoms with E-state index in [1.807, 2.05) is 6.07 Å². The summed E-state index contributed by atoms with van der Waals surface area (Å²) in [7, 11) is 1.51. The second kappa shape index (κ2) is 4.51. The largest absolute Gasteiger partial charge is 0.479 e. The summed E-state index contributed by atoms with van der Waals surface area (Å²) in [5, 5.41) is 8.97. The topological polar surface area (TPSA) is 103 Å². The summed E-state index contributed by atoms with van der Waals surface area (Å²) in [6, 6.07) is 9.12. The fraction of sp³-hybridized carbons (Fsp3) is 0.0769. The molecule has 0 aliphatic carbocycles. The highest BCUT2D eigenvalue weighted by Crippen LogP contribution is 2.26. The van der Waals surface area contributed by atoms with Crippen LogP contribution in [0.5, 0.6) is 5.88 Å². The van der Waals surface area contributed by atoms with Crippen LogP contribution in [0.15, 0.2) is 30.6 Å². The number of hydrogen-bond acceptors (Lipinski definition) is 6. The summed E-state index contributed by atoms with van der Waals surface area (Å²) in [4.78, 5) is 12.4. The van der Waals surface area contributed by atoms with Crippen molar-refractivity contribution < 1.29 is 4.74 Å². The van der Waals surface area contributed by atoms with Gasteiger partial charge in [0, 0.05) is 0 Å². The highest BCUT2D eigenvalue weighted by atomic mass is 16.5. The molecule has 0 saturated heterocycles. The molecule has 0 aliphatic rings. The lowest BCUT2D eigenvalue weighted by Gasteiger charge is -2.06. The van der Waals surface area contributed by atoms with Crippen molar-refractivity contribution in [2.75, 3.05) is 12.8 Å². The van der Waals surface area contributed by atoms with Crippen molar-refractivity contribution in [3.63, 3.8) is 0 Å². The number of nitriles is 1. The zero-order chi connectivity index (χ0) is 14.1. The highest BCUT2D eigenvalue weighted by molar-refractivity contribution is 5.81. The van der Waals surface area contributed by atoms with Crippen LogP contribution in [-0.4, -0.2) is 26.6 Å². The number of fused-ring (bicyclic) bond motifs is 1. The van der Waals surface area contributed by atoms with Gasteiger partial charge in [-0.05, 0) is 18.2 Å². The molecular weight excluding hydrogens is 256 g/mol. The highest BCUT2D eigenvalue weighted by Gasteiger charge is 2.15. The van der Waals surface area contributed by atoms with Crippen LogP contribution in [0.4, 0.5) is 5.95 Å². The van der Waals surface area contributed by atoms with Crippen molar-refractivity contribution in [2.45, 2.75) is 0 Å². The predicted octanol–water partition coefficient (Wildman–Crippen LogP) is 1.28. The van der Waals surface area contributed by atoms with Gasteiger partial charge in [0.15, 0.2) is 11.2 Å². The van der Waals surface area contributed by atoms with Crippen LogP contribution in [-0.2, 0) is 0 Å². The number of benzene rings is 1. The van der Waals surface area contributed by atoms with Crippen LogP contribution in [0.25, 0.3) is 16.9 Å². The first-order valence-electron chi connectivity index (χ1n) is 5.78. The van der Waals surface area contributed by atoms with Crippen molar-refractivity contribution in [2.24, 2.45) is 0 Å². The maximum absolute atomic E-state index is 8.97. The number of imidazole rings is 1. The first kappa shape index (κ1) is 11.9. The molecular formula is C13H10N6O. The fourth-order valence-electron chi connectivity index (χ4n) is 2.01. The number of hydrogen-bond donors (Lipinski definition) is 1. The summed E-state index contributed by atoms with van der Waals surface area (Å²) in [6.07, 6.45) is 1.38. The molecule has 20 heavy (non-hydrogen) atoms. The molecule has 0 bridgehead atoms. The van der Waals surface area contributed by atoms with Crippen molar-refractivity contribution >= 4 is 17.1 Å². The Kier molecular flexibility index (Phi) is 2.69. The van der Waals surface area contributed by atoms with Gasteiger partial charge in [0.25, 0.3) is 0 Å². The van der Waals surface area contributed by atoms with E-state index >= 15 is 0 Å². The van der Waals surface area contributed by atoms with Gasteiger partial charge >= 0.3 is 0 Å². The molecule has 1 aromatic carbocycles. The van der Waals surface area contributed by atoms with Crippen molar-refractivity contribution in [1.29, 1.82) is 5.26 Å². The third-order valence-electron chi connectivity index (χ3n) is 2.86. The van der Waals surface area contributed by atoms with E-state index in [1.165, 1.54) is 13.4 Å². The maximum atomic E-state index is 8.97. The maximum Gasteiger partial charge on any atom is 0.245 e. The molecule has 0 aliphatic heterocycles. The molecule has 3 rings (SSSR count). The van der Waals surface area contributed by atoms with Gasteiger partial charge in [0.1, 0.15) is 6.33 Å². The van der Waals surface area contributed by atoms with Crippen LogP contribution in [0, 0.1) is 11.3 Å². The van der Waals surface area contributed by atoms with E-state index in [-0.39, 0.29) is 5.95 Å². The number of rotatable bonds is 2. The van der Waals surface area contributed by atoms with E-state index in [0.29, 0.717) is 28.3 Å². The summed E-state index contributed by atoms with van der Waals surface area (Å²) < 4.78 is 6.79. The molecule has 0 fully saturated rings. The van der Waals surface area contributed by atoms with Gasteiger partial charge in [0.05, 0.1) is 24.4 Å². The minimum Gasteiger partial charge on any atom is -0.479 e. The minimum atomic E-state index is 0.258. The van der Waals surface area contributed by atoms with Gasteiger partial charge in [-0.2, -0.15) is 10.2 Å². The van der Waals surface area contributed by atoms with Gasteiger partial charge in [-0.3, -0.25) is 4.57 Å². The molecule has 2 N–H and O–H groups in total. The van der Waals surface area contributed by atoms with E-state index in [2.05, 4.69) is 21.0 Å². The average molecular weight is 266 g/mol. The third-order valence-corrected chi connectivity index (χ3v) is 2.86. The predicted molar refractivity (Wildman–Crippen MR) is 72.3 cm³/mol. The number of anilines is 1. The fourth-order valence-corrected chi connectivity index (χ4v) is 2.01. The quantitative estimate of drug-likeness (QED) is 0.749. The van der Waals surface area contributed by atoms with Gasteiger partial charge in [-0.1, -0.05) is 6.07 Å². The molecule has 3 aromatic rings. The number of nitrogens with zero attached hydrogens (tertiary/aromatic N) is 5. The van der Waals surface area contributed by atoms with Gasteiger partial charge in [-0.25, -0.2) is 9.97 Å². The second-order valence-corrected chi connectivity index (χ2v) is 4.02. The second-order valence-electron chi connectivity index (χ2n) is 4.02. The summed E-state index contributed by atoms with van der Waals surface area (Å²) >= 11 is 0.